The summed E-state index contributed by atoms with van der Waals surface area (Å²) >= 11 is 0. The summed E-state index contributed by atoms with van der Waals surface area (Å²) in [5.74, 6) is 0.521. The van der Waals surface area contributed by atoms with Crippen molar-refractivity contribution in [3.8, 4) is 11.5 Å². The summed E-state index contributed by atoms with van der Waals surface area (Å²) in [6.07, 6.45) is 6.85. The SMILES string of the molecule is C=CCOC(=O)N1c2cc(OCCCC(=O)Nc3cn(C)c(C=O)n3)c(OC)cc2C(=O)N2CCCC[C@H]2C1OC1CCCCO1. The Hall–Kier alpha value is -4.43. The number of anilines is 2. The Labute approximate surface area is 267 Å². The lowest BCUT2D eigenvalue weighted by Crippen LogP contribution is -2.57. The fraction of sp³-hybridized carbons (Fsp3) is 0.531. The average Bonchev–Trinajstić information content (AvgIpc) is 3.39. The van der Waals surface area contributed by atoms with E-state index in [1.54, 1.807) is 30.3 Å². The average molecular weight is 640 g/mol. The predicted molar refractivity (Wildman–Crippen MR) is 166 cm³/mol. The lowest BCUT2D eigenvalue weighted by Gasteiger charge is -2.42. The van der Waals surface area contributed by atoms with Crippen LogP contribution in [0, 0.1) is 0 Å². The van der Waals surface area contributed by atoms with Crippen molar-refractivity contribution in [1.82, 2.24) is 14.5 Å². The molecule has 0 spiro atoms. The van der Waals surface area contributed by atoms with Gasteiger partial charge in [-0.3, -0.25) is 14.4 Å². The van der Waals surface area contributed by atoms with Gasteiger partial charge in [-0.05, 0) is 51.0 Å². The number of nitrogens with zero attached hydrogens (tertiary/aromatic N) is 4. The van der Waals surface area contributed by atoms with E-state index in [4.69, 9.17) is 23.7 Å². The normalized spacial score (nSPS) is 21.0. The van der Waals surface area contributed by atoms with Crippen LogP contribution >= 0.6 is 0 Å². The quantitative estimate of drug-likeness (QED) is 0.205. The molecule has 0 saturated carbocycles. The number of nitrogens with one attached hydrogen (secondary N) is 1. The molecular weight excluding hydrogens is 598 g/mol. The van der Waals surface area contributed by atoms with Crippen molar-refractivity contribution in [3.05, 3.63) is 42.4 Å². The molecule has 0 aliphatic carbocycles. The molecular formula is C32H41N5O9. The second-order valence-corrected chi connectivity index (χ2v) is 11.4. The van der Waals surface area contributed by atoms with Crippen LogP contribution in [0.3, 0.4) is 0 Å². The maximum atomic E-state index is 14.1. The summed E-state index contributed by atoms with van der Waals surface area (Å²) in [6, 6.07) is 2.74. The molecule has 3 aliphatic heterocycles. The zero-order chi connectivity index (χ0) is 32.6. The van der Waals surface area contributed by atoms with Gasteiger partial charge in [0, 0.05) is 38.9 Å². The number of carbonyl (C=O) groups excluding carboxylic acids is 4. The maximum absolute atomic E-state index is 14.1. The summed E-state index contributed by atoms with van der Waals surface area (Å²) in [6.45, 7) is 4.83. The molecule has 3 aliphatic rings. The van der Waals surface area contributed by atoms with Gasteiger partial charge < -0.3 is 38.5 Å². The van der Waals surface area contributed by atoms with E-state index in [0.29, 0.717) is 44.4 Å². The van der Waals surface area contributed by atoms with Gasteiger partial charge in [0.2, 0.25) is 5.91 Å². The van der Waals surface area contributed by atoms with Crippen LogP contribution in [0.1, 0.15) is 72.3 Å². The van der Waals surface area contributed by atoms with Crippen LogP contribution in [0.5, 0.6) is 11.5 Å². The predicted octanol–water partition coefficient (Wildman–Crippen LogP) is 4.05. The number of carbonyl (C=O) groups is 4. The van der Waals surface area contributed by atoms with Crippen LogP contribution in [0.15, 0.2) is 31.0 Å². The van der Waals surface area contributed by atoms with Crippen molar-refractivity contribution in [3.63, 3.8) is 0 Å². The molecule has 1 aromatic heterocycles. The first-order chi connectivity index (χ1) is 22.3. The van der Waals surface area contributed by atoms with E-state index in [1.807, 2.05) is 0 Å². The Morgan fingerprint density at radius 2 is 2.00 bits per heavy atom. The Bertz CT molecular complexity index is 1440. The van der Waals surface area contributed by atoms with Gasteiger partial charge in [0.05, 0.1) is 31.0 Å². The lowest BCUT2D eigenvalue weighted by molar-refractivity contribution is -0.198. The molecule has 2 unspecified atom stereocenters. The van der Waals surface area contributed by atoms with Crippen LogP contribution in [0.4, 0.5) is 16.3 Å². The number of hydrogen-bond acceptors (Lipinski definition) is 10. The lowest BCUT2D eigenvalue weighted by atomic mass is 10.00. The van der Waals surface area contributed by atoms with Crippen LogP contribution in [-0.2, 0) is 26.1 Å². The fourth-order valence-corrected chi connectivity index (χ4v) is 5.96. The van der Waals surface area contributed by atoms with E-state index in [-0.39, 0.29) is 60.1 Å². The van der Waals surface area contributed by atoms with Gasteiger partial charge in [-0.2, -0.15) is 0 Å². The maximum Gasteiger partial charge on any atom is 0.416 e. The van der Waals surface area contributed by atoms with Gasteiger partial charge in [-0.1, -0.05) is 12.7 Å². The molecule has 2 fully saturated rings. The van der Waals surface area contributed by atoms with E-state index in [9.17, 15) is 19.2 Å². The molecule has 3 amide bonds. The number of ether oxygens (including phenoxy) is 5. The smallest absolute Gasteiger partial charge is 0.416 e. The van der Waals surface area contributed by atoms with Crippen molar-refractivity contribution in [1.29, 1.82) is 0 Å². The number of methoxy groups -OCH3 is 1. The molecule has 14 nitrogen and oxygen atoms in total. The van der Waals surface area contributed by atoms with E-state index >= 15 is 0 Å². The first-order valence-electron chi connectivity index (χ1n) is 15.6. The van der Waals surface area contributed by atoms with Gasteiger partial charge >= 0.3 is 6.09 Å². The molecule has 1 N–H and O–H groups in total. The zero-order valence-electron chi connectivity index (χ0n) is 26.3. The number of fused-ring (bicyclic) bond motifs is 2. The molecule has 248 valence electrons. The van der Waals surface area contributed by atoms with Crippen LogP contribution in [0.2, 0.25) is 0 Å². The van der Waals surface area contributed by atoms with Crippen LogP contribution < -0.4 is 19.7 Å². The molecule has 1 aromatic carbocycles. The number of piperidine rings is 1. The van der Waals surface area contributed by atoms with E-state index in [1.165, 1.54) is 22.7 Å². The minimum absolute atomic E-state index is 0.0316. The highest BCUT2D eigenvalue weighted by molar-refractivity contribution is 6.06. The van der Waals surface area contributed by atoms with Gasteiger partial charge in [-0.25, -0.2) is 14.7 Å². The Morgan fingerprint density at radius 3 is 2.72 bits per heavy atom. The number of aryl methyl sites for hydroxylation is 1. The van der Waals surface area contributed by atoms with Gasteiger partial charge in [0.25, 0.3) is 5.91 Å². The highest BCUT2D eigenvalue weighted by Crippen LogP contribution is 2.42. The summed E-state index contributed by atoms with van der Waals surface area (Å²) < 4.78 is 31.2. The number of hydrogen-bond donors (Lipinski definition) is 1. The third kappa shape index (κ3) is 7.34. The number of aldehydes is 1. The Kier molecular flexibility index (Phi) is 10.9. The van der Waals surface area contributed by atoms with E-state index in [2.05, 4.69) is 16.9 Å². The second-order valence-electron chi connectivity index (χ2n) is 11.4. The first-order valence-corrected chi connectivity index (χ1v) is 15.6. The number of imidazole rings is 1. The van der Waals surface area contributed by atoms with Crippen molar-refractivity contribution >= 4 is 35.7 Å². The number of aromatic nitrogens is 2. The van der Waals surface area contributed by atoms with Gasteiger partial charge in [-0.15, -0.1) is 0 Å². The molecule has 2 aromatic rings. The molecule has 5 rings (SSSR count). The minimum atomic E-state index is -0.873. The van der Waals surface area contributed by atoms with Gasteiger partial charge in [0.15, 0.2) is 41.9 Å². The summed E-state index contributed by atoms with van der Waals surface area (Å²) in [7, 11) is 3.13. The van der Waals surface area contributed by atoms with Crippen LogP contribution in [0.25, 0.3) is 0 Å². The van der Waals surface area contributed by atoms with Gasteiger partial charge in [0.1, 0.15) is 6.61 Å². The monoisotopic (exact) mass is 639 g/mol. The summed E-state index contributed by atoms with van der Waals surface area (Å²) in [4.78, 5) is 58.6. The highest BCUT2D eigenvalue weighted by atomic mass is 16.7. The zero-order valence-corrected chi connectivity index (χ0v) is 26.3. The first kappa shape index (κ1) is 32.9. The summed E-state index contributed by atoms with van der Waals surface area (Å²) in [5, 5.41) is 2.67. The fourth-order valence-electron chi connectivity index (χ4n) is 5.96. The topological polar surface area (TPSA) is 151 Å². The number of rotatable bonds is 12. The van der Waals surface area contributed by atoms with Crippen molar-refractivity contribution in [2.45, 2.75) is 69.9 Å². The third-order valence-electron chi connectivity index (χ3n) is 8.21. The third-order valence-corrected chi connectivity index (χ3v) is 8.21. The Morgan fingerprint density at radius 1 is 1.17 bits per heavy atom. The molecule has 46 heavy (non-hydrogen) atoms. The van der Waals surface area contributed by atoms with Crippen molar-refractivity contribution in [2.24, 2.45) is 7.05 Å². The Balaban J connectivity index is 1.40. The second kappa shape index (κ2) is 15.2. The molecule has 0 bridgehead atoms. The molecule has 14 heteroatoms. The molecule has 0 radical (unpaired) electrons. The van der Waals surface area contributed by atoms with E-state index < -0.39 is 24.7 Å². The standard InChI is InChI=1S/C32H41N5O9/c1-4-14-45-32(41)37-23-18-25(43-16-9-11-28(39)34-26-19-35(2)27(20-38)33-26)24(42-3)17-21(23)30(40)36-13-7-5-10-22(36)31(37)46-29-12-6-8-15-44-29/h4,17-20,22,29,31H,1,5-16H2,2-3H3,(H,34,39)/t22-,29?,31?/m0/s1. The summed E-state index contributed by atoms with van der Waals surface area (Å²) in [5.41, 5.74) is 0.524. The van der Waals surface area contributed by atoms with Crippen molar-refractivity contribution < 1.29 is 42.9 Å². The molecule has 3 atom stereocenters. The van der Waals surface area contributed by atoms with Crippen molar-refractivity contribution in [2.75, 3.05) is 43.7 Å². The molecule has 2 saturated heterocycles. The minimum Gasteiger partial charge on any atom is -0.493 e. The number of amides is 3. The number of benzene rings is 1. The van der Waals surface area contributed by atoms with Crippen LogP contribution in [-0.4, -0.2) is 90.7 Å². The highest BCUT2D eigenvalue weighted by Gasteiger charge is 2.46. The van der Waals surface area contributed by atoms with E-state index in [0.717, 1.165) is 25.7 Å². The molecule has 4 heterocycles. The largest absolute Gasteiger partial charge is 0.493 e.